The van der Waals surface area contributed by atoms with Crippen LogP contribution in [0, 0.1) is 0 Å². The Hall–Kier alpha value is -1.39. The maximum Gasteiger partial charge on any atom is 0.335 e. The summed E-state index contributed by atoms with van der Waals surface area (Å²) in [6, 6.07) is 8.30. The number of likely N-dealkylation sites (tertiary alicyclic amines) is 1. The van der Waals surface area contributed by atoms with Crippen molar-refractivity contribution in [1.82, 2.24) is 4.90 Å². The lowest BCUT2D eigenvalue weighted by Crippen LogP contribution is -2.30. The van der Waals surface area contributed by atoms with Crippen molar-refractivity contribution in [3.05, 3.63) is 35.9 Å². The van der Waals surface area contributed by atoms with E-state index < -0.39 is 5.97 Å². The van der Waals surface area contributed by atoms with E-state index >= 15 is 0 Å². The first kappa shape index (κ1) is 15.7. The maximum atomic E-state index is 10.2. The largest absolute Gasteiger partial charge is 0.478 e. The standard InChI is InChI=1S/C8H17NO.C7H6O2/c10-8-4-7-9-5-2-1-3-6-9;8-7(9)6-4-2-1-3-5-6/h10H,1-8H2;1-5H,(H,8,9). The van der Waals surface area contributed by atoms with E-state index in [9.17, 15) is 4.79 Å². The van der Waals surface area contributed by atoms with Crippen LogP contribution < -0.4 is 0 Å². The fraction of sp³-hybridized carbons (Fsp3) is 0.533. The highest BCUT2D eigenvalue weighted by molar-refractivity contribution is 5.87. The summed E-state index contributed by atoms with van der Waals surface area (Å²) in [4.78, 5) is 12.6. The average Bonchev–Trinajstić information content (AvgIpc) is 2.48. The Balaban J connectivity index is 0.000000191. The third kappa shape index (κ3) is 6.94. The SMILES string of the molecule is O=C(O)c1ccccc1.OCCCN1CCCCC1. The number of aliphatic hydroxyl groups excluding tert-OH is 1. The van der Waals surface area contributed by atoms with Crippen LogP contribution in [0.4, 0.5) is 0 Å². The van der Waals surface area contributed by atoms with E-state index in [2.05, 4.69) is 4.90 Å². The molecule has 1 aromatic rings. The van der Waals surface area contributed by atoms with Crippen LogP contribution in [0.3, 0.4) is 0 Å². The van der Waals surface area contributed by atoms with E-state index in [-0.39, 0.29) is 0 Å². The first-order valence-corrected chi connectivity index (χ1v) is 6.85. The van der Waals surface area contributed by atoms with Gasteiger partial charge in [-0.05, 0) is 44.5 Å². The zero-order chi connectivity index (χ0) is 13.9. The van der Waals surface area contributed by atoms with E-state index in [4.69, 9.17) is 10.2 Å². The summed E-state index contributed by atoms with van der Waals surface area (Å²) in [6.45, 7) is 3.94. The van der Waals surface area contributed by atoms with Crippen LogP contribution >= 0.6 is 0 Å². The molecule has 0 saturated carbocycles. The molecule has 0 radical (unpaired) electrons. The molecule has 1 aliphatic heterocycles. The highest BCUT2D eigenvalue weighted by Gasteiger charge is 2.07. The number of piperidine rings is 1. The molecule has 0 amide bonds. The Morgan fingerprint density at radius 3 is 2.21 bits per heavy atom. The lowest BCUT2D eigenvalue weighted by Gasteiger charge is -2.25. The average molecular weight is 265 g/mol. The first-order valence-electron chi connectivity index (χ1n) is 6.85. The van der Waals surface area contributed by atoms with Crippen LogP contribution in [0.2, 0.25) is 0 Å². The molecule has 0 unspecified atom stereocenters. The lowest BCUT2D eigenvalue weighted by atomic mass is 10.1. The lowest BCUT2D eigenvalue weighted by molar-refractivity contribution is 0.0697. The molecule has 2 N–H and O–H groups in total. The van der Waals surface area contributed by atoms with Gasteiger partial charge in [-0.1, -0.05) is 24.6 Å². The van der Waals surface area contributed by atoms with Crippen molar-refractivity contribution in [3.63, 3.8) is 0 Å². The Labute approximate surface area is 114 Å². The molecule has 4 heteroatoms. The van der Waals surface area contributed by atoms with Crippen LogP contribution in [0.1, 0.15) is 36.0 Å². The van der Waals surface area contributed by atoms with Crippen molar-refractivity contribution in [3.8, 4) is 0 Å². The number of aromatic carboxylic acids is 1. The van der Waals surface area contributed by atoms with Gasteiger partial charge in [0.25, 0.3) is 0 Å². The van der Waals surface area contributed by atoms with Gasteiger partial charge in [-0.25, -0.2) is 4.79 Å². The minimum absolute atomic E-state index is 0.331. The fourth-order valence-corrected chi connectivity index (χ4v) is 2.06. The van der Waals surface area contributed by atoms with E-state index in [0.717, 1.165) is 13.0 Å². The summed E-state index contributed by atoms with van der Waals surface area (Å²) in [6.07, 6.45) is 5.05. The van der Waals surface area contributed by atoms with E-state index in [1.54, 1.807) is 30.3 Å². The molecule has 1 aliphatic rings. The number of hydrogen-bond acceptors (Lipinski definition) is 3. The highest BCUT2D eigenvalue weighted by Crippen LogP contribution is 2.08. The first-order chi connectivity index (χ1) is 9.24. The molecule has 0 spiro atoms. The molecule has 1 heterocycles. The fourth-order valence-electron chi connectivity index (χ4n) is 2.06. The number of benzene rings is 1. The highest BCUT2D eigenvalue weighted by atomic mass is 16.4. The second kappa shape index (κ2) is 9.53. The second-order valence-corrected chi connectivity index (χ2v) is 4.65. The molecule has 0 atom stereocenters. The molecular weight excluding hydrogens is 242 g/mol. The van der Waals surface area contributed by atoms with E-state index in [1.165, 1.54) is 32.4 Å². The van der Waals surface area contributed by atoms with Gasteiger partial charge in [0.05, 0.1) is 5.56 Å². The quantitative estimate of drug-likeness (QED) is 0.876. The Bertz CT molecular complexity index is 348. The van der Waals surface area contributed by atoms with Crippen molar-refractivity contribution < 1.29 is 15.0 Å². The van der Waals surface area contributed by atoms with Crippen molar-refractivity contribution in [2.75, 3.05) is 26.2 Å². The third-order valence-electron chi connectivity index (χ3n) is 3.10. The number of aliphatic hydroxyl groups is 1. The van der Waals surface area contributed by atoms with Gasteiger partial charge in [0.1, 0.15) is 0 Å². The molecule has 0 aromatic heterocycles. The predicted molar refractivity (Wildman–Crippen MR) is 75.4 cm³/mol. The number of nitrogens with zero attached hydrogens (tertiary/aromatic N) is 1. The van der Waals surface area contributed by atoms with Gasteiger partial charge < -0.3 is 15.1 Å². The molecule has 19 heavy (non-hydrogen) atoms. The monoisotopic (exact) mass is 265 g/mol. The van der Waals surface area contributed by atoms with Crippen molar-refractivity contribution in [2.45, 2.75) is 25.7 Å². The number of rotatable bonds is 4. The Morgan fingerprint density at radius 2 is 1.74 bits per heavy atom. The van der Waals surface area contributed by atoms with Crippen molar-refractivity contribution in [2.24, 2.45) is 0 Å². The molecule has 1 aromatic carbocycles. The molecule has 2 rings (SSSR count). The van der Waals surface area contributed by atoms with Crippen LogP contribution in [-0.4, -0.2) is 47.3 Å². The van der Waals surface area contributed by atoms with Crippen LogP contribution in [0.15, 0.2) is 30.3 Å². The molecule has 1 saturated heterocycles. The van der Waals surface area contributed by atoms with Gasteiger partial charge in [0, 0.05) is 13.2 Å². The molecular formula is C15H23NO3. The second-order valence-electron chi connectivity index (χ2n) is 4.65. The minimum atomic E-state index is -0.879. The number of carbonyl (C=O) groups is 1. The Morgan fingerprint density at radius 1 is 1.11 bits per heavy atom. The van der Waals surface area contributed by atoms with Gasteiger partial charge in [0.2, 0.25) is 0 Å². The Kier molecular flexibility index (Phi) is 7.86. The molecule has 106 valence electrons. The zero-order valence-electron chi connectivity index (χ0n) is 11.3. The van der Waals surface area contributed by atoms with Gasteiger partial charge in [0.15, 0.2) is 0 Å². The molecule has 1 fully saturated rings. The number of carboxylic acid groups (broad SMARTS) is 1. The van der Waals surface area contributed by atoms with Gasteiger partial charge in [-0.2, -0.15) is 0 Å². The minimum Gasteiger partial charge on any atom is -0.478 e. The molecule has 4 nitrogen and oxygen atoms in total. The molecule has 0 aliphatic carbocycles. The van der Waals surface area contributed by atoms with Crippen molar-refractivity contribution in [1.29, 1.82) is 0 Å². The van der Waals surface area contributed by atoms with Gasteiger partial charge in [-0.15, -0.1) is 0 Å². The third-order valence-corrected chi connectivity index (χ3v) is 3.10. The van der Waals surface area contributed by atoms with E-state index in [1.807, 2.05) is 0 Å². The molecule has 0 bridgehead atoms. The topological polar surface area (TPSA) is 60.8 Å². The normalized spacial score (nSPS) is 15.4. The van der Waals surface area contributed by atoms with Crippen molar-refractivity contribution >= 4 is 5.97 Å². The van der Waals surface area contributed by atoms with Gasteiger partial charge in [-0.3, -0.25) is 0 Å². The van der Waals surface area contributed by atoms with Gasteiger partial charge >= 0.3 is 5.97 Å². The summed E-state index contributed by atoms with van der Waals surface area (Å²) in [5.41, 5.74) is 0.331. The smallest absolute Gasteiger partial charge is 0.335 e. The van der Waals surface area contributed by atoms with Crippen LogP contribution in [0.5, 0.6) is 0 Å². The summed E-state index contributed by atoms with van der Waals surface area (Å²) in [7, 11) is 0. The number of carboxylic acids is 1. The van der Waals surface area contributed by atoms with Crippen LogP contribution in [0.25, 0.3) is 0 Å². The summed E-state index contributed by atoms with van der Waals surface area (Å²) >= 11 is 0. The summed E-state index contributed by atoms with van der Waals surface area (Å²) < 4.78 is 0. The summed E-state index contributed by atoms with van der Waals surface area (Å²) in [5.74, 6) is -0.879. The predicted octanol–water partition coefficient (Wildman–Crippen LogP) is 2.24. The maximum absolute atomic E-state index is 10.2. The van der Waals surface area contributed by atoms with Crippen LogP contribution in [-0.2, 0) is 0 Å². The zero-order valence-corrected chi connectivity index (χ0v) is 11.3. The summed E-state index contributed by atoms with van der Waals surface area (Å²) in [5, 5.41) is 17.0. The van der Waals surface area contributed by atoms with E-state index in [0.29, 0.717) is 12.2 Å². The number of hydrogen-bond donors (Lipinski definition) is 2.